The van der Waals surface area contributed by atoms with E-state index in [4.69, 9.17) is 0 Å². The van der Waals surface area contributed by atoms with Crippen molar-refractivity contribution in [3.63, 3.8) is 0 Å². The number of aromatic amines is 1. The second-order valence-electron chi connectivity index (χ2n) is 6.16. The summed E-state index contributed by atoms with van der Waals surface area (Å²) in [5, 5.41) is 2.48. The quantitative estimate of drug-likeness (QED) is 0.417. The molecular weight excluding hydrogens is 342 g/mol. The van der Waals surface area contributed by atoms with Gasteiger partial charge in [0.1, 0.15) is 0 Å². The molecule has 1 N–H and O–H groups in total. The van der Waals surface area contributed by atoms with Gasteiger partial charge >= 0.3 is 0 Å². The number of fused-ring (bicyclic) bond motifs is 1. The molecule has 0 aliphatic heterocycles. The van der Waals surface area contributed by atoms with Crippen LogP contribution in [0.5, 0.6) is 0 Å². The standard InChI is InChI=1S/C22H19NS2/c1-15-7-11-17(12-8-15)24-21-19-5-3-4-6-20(19)23-22(21)25-18-13-9-16(2)10-14-18/h3-14,23H,1-2H3. The predicted molar refractivity (Wildman–Crippen MR) is 109 cm³/mol. The number of rotatable bonds is 4. The summed E-state index contributed by atoms with van der Waals surface area (Å²) in [6.07, 6.45) is 0. The molecule has 25 heavy (non-hydrogen) atoms. The van der Waals surface area contributed by atoms with Crippen LogP contribution in [0.1, 0.15) is 11.1 Å². The highest BCUT2D eigenvalue weighted by Gasteiger charge is 2.14. The molecule has 124 valence electrons. The van der Waals surface area contributed by atoms with E-state index in [-0.39, 0.29) is 0 Å². The summed E-state index contributed by atoms with van der Waals surface area (Å²) in [4.78, 5) is 7.41. The molecule has 1 aromatic heterocycles. The van der Waals surface area contributed by atoms with E-state index in [0.29, 0.717) is 0 Å². The van der Waals surface area contributed by atoms with Gasteiger partial charge in [0, 0.05) is 20.7 Å². The number of aromatic nitrogens is 1. The van der Waals surface area contributed by atoms with Crippen LogP contribution in [0.2, 0.25) is 0 Å². The van der Waals surface area contributed by atoms with Gasteiger partial charge in [-0.2, -0.15) is 0 Å². The minimum atomic E-state index is 1.19. The molecule has 4 rings (SSSR count). The van der Waals surface area contributed by atoms with Crippen molar-refractivity contribution in [2.45, 2.75) is 33.6 Å². The summed E-state index contributed by atoms with van der Waals surface area (Å²) in [7, 11) is 0. The van der Waals surface area contributed by atoms with Crippen molar-refractivity contribution in [3.8, 4) is 0 Å². The van der Waals surface area contributed by atoms with Gasteiger partial charge in [0.2, 0.25) is 0 Å². The van der Waals surface area contributed by atoms with Gasteiger partial charge in [-0.15, -0.1) is 0 Å². The van der Waals surface area contributed by atoms with Crippen LogP contribution in [0.15, 0.2) is 92.5 Å². The smallest absolute Gasteiger partial charge is 0.0923 e. The Balaban J connectivity index is 1.74. The minimum absolute atomic E-state index is 1.19. The van der Waals surface area contributed by atoms with Crippen LogP contribution in [0.3, 0.4) is 0 Å². The Kier molecular flexibility index (Phi) is 4.60. The van der Waals surface area contributed by atoms with Gasteiger partial charge in [-0.1, -0.05) is 77.1 Å². The van der Waals surface area contributed by atoms with Crippen LogP contribution in [0.25, 0.3) is 10.9 Å². The highest BCUT2D eigenvalue weighted by Crippen LogP contribution is 2.43. The normalized spacial score (nSPS) is 11.1. The van der Waals surface area contributed by atoms with E-state index in [0.717, 1.165) is 0 Å². The third-order valence-corrected chi connectivity index (χ3v) is 6.39. The Morgan fingerprint density at radius 2 is 1.20 bits per heavy atom. The summed E-state index contributed by atoms with van der Waals surface area (Å²) < 4.78 is 0. The molecule has 0 saturated heterocycles. The van der Waals surface area contributed by atoms with Gasteiger partial charge in [0.15, 0.2) is 0 Å². The molecule has 0 fully saturated rings. The maximum Gasteiger partial charge on any atom is 0.0923 e. The molecule has 0 aliphatic rings. The largest absolute Gasteiger partial charge is 0.348 e. The van der Waals surface area contributed by atoms with Crippen LogP contribution in [0.4, 0.5) is 0 Å². The van der Waals surface area contributed by atoms with Crippen LogP contribution >= 0.6 is 23.5 Å². The van der Waals surface area contributed by atoms with Gasteiger partial charge in [-0.25, -0.2) is 0 Å². The summed E-state index contributed by atoms with van der Waals surface area (Å²) in [5.41, 5.74) is 3.76. The molecule has 0 amide bonds. The van der Waals surface area contributed by atoms with Crippen molar-refractivity contribution in [2.24, 2.45) is 0 Å². The third kappa shape index (κ3) is 3.63. The zero-order valence-electron chi connectivity index (χ0n) is 14.2. The van der Waals surface area contributed by atoms with E-state index >= 15 is 0 Å². The molecule has 4 aromatic rings. The molecule has 3 aromatic carbocycles. The number of aryl methyl sites for hydroxylation is 2. The first-order chi connectivity index (χ1) is 12.2. The number of H-pyrrole nitrogens is 1. The van der Waals surface area contributed by atoms with E-state index in [1.54, 1.807) is 11.8 Å². The Labute approximate surface area is 156 Å². The fourth-order valence-corrected chi connectivity index (χ4v) is 4.77. The zero-order valence-corrected chi connectivity index (χ0v) is 15.9. The first-order valence-corrected chi connectivity index (χ1v) is 9.92. The molecule has 1 nitrogen and oxygen atoms in total. The second kappa shape index (κ2) is 7.03. The van der Waals surface area contributed by atoms with Crippen LogP contribution < -0.4 is 0 Å². The summed E-state index contributed by atoms with van der Waals surface area (Å²) in [6, 6.07) is 26.0. The maximum absolute atomic E-state index is 3.60. The molecular formula is C22H19NS2. The highest BCUT2D eigenvalue weighted by atomic mass is 32.2. The van der Waals surface area contributed by atoms with Gasteiger partial charge in [0.05, 0.1) is 9.92 Å². The van der Waals surface area contributed by atoms with Crippen molar-refractivity contribution in [1.29, 1.82) is 0 Å². The van der Waals surface area contributed by atoms with Gasteiger partial charge < -0.3 is 4.98 Å². The molecule has 0 spiro atoms. The predicted octanol–water partition coefficient (Wildman–Crippen LogP) is 7.09. The monoisotopic (exact) mass is 361 g/mol. The Bertz CT molecular complexity index is 999. The lowest BCUT2D eigenvalue weighted by atomic mass is 10.2. The highest BCUT2D eigenvalue weighted by molar-refractivity contribution is 8.02. The van der Waals surface area contributed by atoms with Gasteiger partial charge in [-0.3, -0.25) is 0 Å². The molecule has 0 radical (unpaired) electrons. The van der Waals surface area contributed by atoms with E-state index in [1.807, 2.05) is 11.8 Å². The van der Waals surface area contributed by atoms with Crippen molar-refractivity contribution >= 4 is 34.4 Å². The number of benzene rings is 3. The van der Waals surface area contributed by atoms with Crippen molar-refractivity contribution in [3.05, 3.63) is 83.9 Å². The van der Waals surface area contributed by atoms with Crippen molar-refractivity contribution in [2.75, 3.05) is 0 Å². The second-order valence-corrected chi connectivity index (χ2v) is 8.33. The van der Waals surface area contributed by atoms with Gasteiger partial charge in [-0.05, 0) is 44.2 Å². The Morgan fingerprint density at radius 1 is 0.640 bits per heavy atom. The summed E-state index contributed by atoms with van der Waals surface area (Å²) >= 11 is 3.62. The molecule has 0 atom stereocenters. The molecule has 3 heteroatoms. The van der Waals surface area contributed by atoms with Crippen LogP contribution in [-0.4, -0.2) is 4.98 Å². The number of para-hydroxylation sites is 1. The summed E-state index contributed by atoms with van der Waals surface area (Å²) in [5.74, 6) is 0. The van der Waals surface area contributed by atoms with Crippen molar-refractivity contribution in [1.82, 2.24) is 4.98 Å². The van der Waals surface area contributed by atoms with Crippen molar-refractivity contribution < 1.29 is 0 Å². The fourth-order valence-electron chi connectivity index (χ4n) is 2.71. The fraction of sp³-hybridized carbons (Fsp3) is 0.0909. The molecule has 1 heterocycles. The molecule has 0 bridgehead atoms. The lowest BCUT2D eigenvalue weighted by molar-refractivity contribution is 1.14. The Morgan fingerprint density at radius 3 is 1.84 bits per heavy atom. The number of hydrogen-bond acceptors (Lipinski definition) is 2. The SMILES string of the molecule is Cc1ccc(Sc2[nH]c3ccccc3c2Sc2ccc(C)cc2)cc1. The van der Waals surface area contributed by atoms with Crippen LogP contribution in [0, 0.1) is 13.8 Å². The van der Waals surface area contributed by atoms with E-state index in [2.05, 4.69) is 91.6 Å². The summed E-state index contributed by atoms with van der Waals surface area (Å²) in [6.45, 7) is 4.24. The average Bonchev–Trinajstić information content (AvgIpc) is 2.96. The molecule has 0 saturated carbocycles. The molecule has 0 unspecified atom stereocenters. The number of nitrogens with one attached hydrogen (secondary N) is 1. The topological polar surface area (TPSA) is 15.8 Å². The maximum atomic E-state index is 3.60. The van der Waals surface area contributed by atoms with Crippen LogP contribution in [-0.2, 0) is 0 Å². The van der Waals surface area contributed by atoms with Gasteiger partial charge in [0.25, 0.3) is 0 Å². The Hall–Kier alpha value is -2.10. The first kappa shape index (κ1) is 16.4. The van der Waals surface area contributed by atoms with E-state index in [9.17, 15) is 0 Å². The average molecular weight is 362 g/mol. The van der Waals surface area contributed by atoms with E-state index in [1.165, 1.54) is 41.7 Å². The lowest BCUT2D eigenvalue weighted by Crippen LogP contribution is -1.79. The zero-order chi connectivity index (χ0) is 17.2. The minimum Gasteiger partial charge on any atom is -0.348 e. The van der Waals surface area contributed by atoms with E-state index < -0.39 is 0 Å². The number of hydrogen-bond donors (Lipinski definition) is 1. The molecule has 0 aliphatic carbocycles. The third-order valence-electron chi connectivity index (χ3n) is 4.11. The first-order valence-electron chi connectivity index (χ1n) is 8.29. The lowest BCUT2D eigenvalue weighted by Gasteiger charge is -2.06.